The van der Waals surface area contributed by atoms with Crippen LogP contribution in [0.4, 0.5) is 0 Å². The summed E-state index contributed by atoms with van der Waals surface area (Å²) in [6, 6.07) is 6.17. The lowest BCUT2D eigenvalue weighted by Crippen LogP contribution is -2.38. The largest absolute Gasteiger partial charge is 0.339 e. The molecule has 5 nitrogen and oxygen atoms in total. The van der Waals surface area contributed by atoms with Gasteiger partial charge in [-0.1, -0.05) is 6.07 Å². The molecule has 3 rings (SSSR count). The first-order valence-corrected chi connectivity index (χ1v) is 7.35. The van der Waals surface area contributed by atoms with E-state index in [1.807, 2.05) is 24.9 Å². The van der Waals surface area contributed by atoms with Gasteiger partial charge < -0.3 is 4.90 Å². The summed E-state index contributed by atoms with van der Waals surface area (Å²) in [6.07, 6.45) is 5.36. The minimum Gasteiger partial charge on any atom is -0.339 e. The van der Waals surface area contributed by atoms with Crippen LogP contribution >= 0.6 is 0 Å². The van der Waals surface area contributed by atoms with E-state index in [2.05, 4.69) is 22.2 Å². The van der Waals surface area contributed by atoms with Gasteiger partial charge in [0, 0.05) is 43.6 Å². The molecule has 1 saturated heterocycles. The van der Waals surface area contributed by atoms with E-state index in [1.54, 1.807) is 17.1 Å². The molecule has 110 valence electrons. The Morgan fingerprint density at radius 1 is 1.29 bits per heavy atom. The molecule has 3 heterocycles. The van der Waals surface area contributed by atoms with Crippen LogP contribution in [0.3, 0.4) is 0 Å². The lowest BCUT2D eigenvalue weighted by atomic mass is 9.92. The number of amides is 1. The van der Waals surface area contributed by atoms with E-state index < -0.39 is 0 Å². The minimum absolute atomic E-state index is 0.0822. The fourth-order valence-electron chi connectivity index (χ4n) is 2.88. The number of rotatable bonds is 2. The molecule has 1 aliphatic heterocycles. The van der Waals surface area contributed by atoms with Gasteiger partial charge in [-0.2, -0.15) is 5.10 Å². The Morgan fingerprint density at radius 2 is 2.05 bits per heavy atom. The van der Waals surface area contributed by atoms with Gasteiger partial charge in [0.15, 0.2) is 0 Å². The standard InChI is InChI=1S/C16H20N4O/c1-12-4-3-5-15(18-12)13-6-8-20(9-7-13)16(21)14-10-17-19(2)11-14/h3-5,10-11,13H,6-9H2,1-2H3. The van der Waals surface area contributed by atoms with E-state index in [4.69, 9.17) is 0 Å². The van der Waals surface area contributed by atoms with Gasteiger partial charge in [-0.05, 0) is 31.9 Å². The Kier molecular flexibility index (Phi) is 3.73. The molecule has 0 bridgehead atoms. The fraction of sp³-hybridized carbons (Fsp3) is 0.438. The number of piperidine rings is 1. The van der Waals surface area contributed by atoms with Gasteiger partial charge in [0.1, 0.15) is 0 Å². The van der Waals surface area contributed by atoms with Crippen molar-refractivity contribution in [2.75, 3.05) is 13.1 Å². The van der Waals surface area contributed by atoms with E-state index in [0.29, 0.717) is 11.5 Å². The first-order valence-electron chi connectivity index (χ1n) is 7.35. The number of aromatic nitrogens is 3. The van der Waals surface area contributed by atoms with Gasteiger partial charge in [0.2, 0.25) is 0 Å². The summed E-state index contributed by atoms with van der Waals surface area (Å²) in [7, 11) is 1.83. The summed E-state index contributed by atoms with van der Waals surface area (Å²) in [5, 5.41) is 4.06. The SMILES string of the molecule is Cc1cccc(C2CCN(C(=O)c3cnn(C)c3)CC2)n1. The van der Waals surface area contributed by atoms with Crippen LogP contribution in [0.25, 0.3) is 0 Å². The van der Waals surface area contributed by atoms with Gasteiger partial charge in [0.25, 0.3) is 5.91 Å². The van der Waals surface area contributed by atoms with Crippen molar-refractivity contribution in [1.29, 1.82) is 0 Å². The van der Waals surface area contributed by atoms with Crippen molar-refractivity contribution >= 4 is 5.91 Å². The number of hydrogen-bond acceptors (Lipinski definition) is 3. The number of hydrogen-bond donors (Lipinski definition) is 0. The highest BCUT2D eigenvalue weighted by molar-refractivity contribution is 5.93. The van der Waals surface area contributed by atoms with Crippen molar-refractivity contribution in [3.8, 4) is 0 Å². The predicted molar refractivity (Wildman–Crippen MR) is 80.1 cm³/mol. The Bertz CT molecular complexity index is 641. The first-order chi connectivity index (χ1) is 10.1. The number of pyridine rings is 1. The normalized spacial score (nSPS) is 16.2. The van der Waals surface area contributed by atoms with Crippen molar-refractivity contribution in [2.24, 2.45) is 7.05 Å². The van der Waals surface area contributed by atoms with Crippen LogP contribution in [0, 0.1) is 6.92 Å². The third-order valence-electron chi connectivity index (χ3n) is 4.06. The zero-order valence-corrected chi connectivity index (χ0v) is 12.5. The zero-order chi connectivity index (χ0) is 14.8. The molecule has 2 aromatic heterocycles. The van der Waals surface area contributed by atoms with Crippen LogP contribution < -0.4 is 0 Å². The van der Waals surface area contributed by atoms with Crippen LogP contribution in [0.2, 0.25) is 0 Å². The summed E-state index contributed by atoms with van der Waals surface area (Å²) in [5.74, 6) is 0.543. The summed E-state index contributed by atoms with van der Waals surface area (Å²) in [5.41, 5.74) is 2.88. The molecule has 2 aromatic rings. The molecular weight excluding hydrogens is 264 g/mol. The van der Waals surface area contributed by atoms with Crippen molar-refractivity contribution in [3.63, 3.8) is 0 Å². The van der Waals surface area contributed by atoms with E-state index in [9.17, 15) is 4.79 Å². The van der Waals surface area contributed by atoms with E-state index in [0.717, 1.165) is 37.3 Å². The molecule has 5 heteroatoms. The molecule has 0 radical (unpaired) electrons. The summed E-state index contributed by atoms with van der Waals surface area (Å²) < 4.78 is 1.66. The highest BCUT2D eigenvalue weighted by atomic mass is 16.2. The van der Waals surface area contributed by atoms with Crippen molar-refractivity contribution in [1.82, 2.24) is 19.7 Å². The number of aryl methyl sites for hydroxylation is 2. The second kappa shape index (κ2) is 5.68. The highest BCUT2D eigenvalue weighted by Crippen LogP contribution is 2.27. The molecule has 1 fully saturated rings. The summed E-state index contributed by atoms with van der Waals surface area (Å²) >= 11 is 0. The quantitative estimate of drug-likeness (QED) is 0.849. The molecule has 21 heavy (non-hydrogen) atoms. The van der Waals surface area contributed by atoms with Crippen LogP contribution in [-0.2, 0) is 7.05 Å². The minimum atomic E-state index is 0.0822. The van der Waals surface area contributed by atoms with Crippen molar-refractivity contribution in [3.05, 3.63) is 47.5 Å². The molecule has 1 aliphatic rings. The van der Waals surface area contributed by atoms with E-state index in [1.165, 1.54) is 0 Å². The van der Waals surface area contributed by atoms with Gasteiger partial charge in [-0.3, -0.25) is 14.5 Å². The third-order valence-corrected chi connectivity index (χ3v) is 4.06. The number of carbonyl (C=O) groups excluding carboxylic acids is 1. The van der Waals surface area contributed by atoms with Crippen LogP contribution in [0.5, 0.6) is 0 Å². The molecule has 0 spiro atoms. The Hall–Kier alpha value is -2.17. The molecule has 0 aliphatic carbocycles. The van der Waals surface area contributed by atoms with Gasteiger partial charge >= 0.3 is 0 Å². The number of nitrogens with zero attached hydrogens (tertiary/aromatic N) is 4. The van der Waals surface area contributed by atoms with Crippen molar-refractivity contribution in [2.45, 2.75) is 25.7 Å². The second-order valence-corrected chi connectivity index (χ2v) is 5.67. The monoisotopic (exact) mass is 284 g/mol. The van der Waals surface area contributed by atoms with Crippen LogP contribution in [0.1, 0.15) is 40.5 Å². The molecule has 0 aromatic carbocycles. The molecular formula is C16H20N4O. The second-order valence-electron chi connectivity index (χ2n) is 5.67. The van der Waals surface area contributed by atoms with Gasteiger partial charge in [-0.15, -0.1) is 0 Å². The zero-order valence-electron chi connectivity index (χ0n) is 12.5. The average molecular weight is 284 g/mol. The van der Waals surface area contributed by atoms with Crippen molar-refractivity contribution < 1.29 is 4.79 Å². The molecule has 0 saturated carbocycles. The molecule has 0 unspecified atom stereocenters. The van der Waals surface area contributed by atoms with Crippen LogP contribution in [-0.4, -0.2) is 38.7 Å². The summed E-state index contributed by atoms with van der Waals surface area (Å²) in [4.78, 5) is 18.9. The lowest BCUT2D eigenvalue weighted by Gasteiger charge is -2.31. The Morgan fingerprint density at radius 3 is 2.67 bits per heavy atom. The molecule has 0 atom stereocenters. The van der Waals surface area contributed by atoms with E-state index >= 15 is 0 Å². The van der Waals surface area contributed by atoms with Gasteiger partial charge in [0.05, 0.1) is 11.8 Å². The maximum atomic E-state index is 12.4. The van der Waals surface area contributed by atoms with Gasteiger partial charge in [-0.25, -0.2) is 0 Å². The first kappa shape index (κ1) is 13.8. The smallest absolute Gasteiger partial charge is 0.257 e. The fourth-order valence-corrected chi connectivity index (χ4v) is 2.88. The molecule has 0 N–H and O–H groups in total. The third kappa shape index (κ3) is 2.96. The Labute approximate surface area is 124 Å². The summed E-state index contributed by atoms with van der Waals surface area (Å²) in [6.45, 7) is 3.59. The number of likely N-dealkylation sites (tertiary alicyclic amines) is 1. The lowest BCUT2D eigenvalue weighted by molar-refractivity contribution is 0.0712. The van der Waals surface area contributed by atoms with Crippen LogP contribution in [0.15, 0.2) is 30.6 Å². The maximum Gasteiger partial charge on any atom is 0.257 e. The topological polar surface area (TPSA) is 51.0 Å². The molecule has 1 amide bonds. The maximum absolute atomic E-state index is 12.4. The van der Waals surface area contributed by atoms with E-state index in [-0.39, 0.29) is 5.91 Å². The Balaban J connectivity index is 1.64. The number of carbonyl (C=O) groups is 1. The average Bonchev–Trinajstić information content (AvgIpc) is 2.93. The highest BCUT2D eigenvalue weighted by Gasteiger charge is 2.25. The predicted octanol–water partition coefficient (Wildman–Crippen LogP) is 2.14.